The number of thioether (sulfide) groups is 1. The first-order valence-corrected chi connectivity index (χ1v) is 9.40. The maximum Gasteiger partial charge on any atom is 0.269 e. The summed E-state index contributed by atoms with van der Waals surface area (Å²) in [5, 5.41) is 2.67. The number of fused-ring (bicyclic) bond motifs is 2. The van der Waals surface area contributed by atoms with E-state index >= 15 is 0 Å². The van der Waals surface area contributed by atoms with E-state index in [0.29, 0.717) is 0 Å². The Bertz CT molecular complexity index is 953. The number of hydrogen-bond donors (Lipinski definition) is 1. The molecule has 0 bridgehead atoms. The molecular formula is C19H20N2S2+2. The Hall–Kier alpha value is -1.62. The molecule has 2 nitrogen and oxygen atoms in total. The summed E-state index contributed by atoms with van der Waals surface area (Å²) in [6.07, 6.45) is 2.34. The molecule has 4 rings (SSSR count). The second-order valence-corrected chi connectivity index (χ2v) is 8.35. The summed E-state index contributed by atoms with van der Waals surface area (Å²) >= 11 is 3.76. The minimum Gasteiger partial charge on any atom is -0.265 e. The predicted molar refractivity (Wildman–Crippen MR) is 99.3 cm³/mol. The molecule has 4 heteroatoms. The second kappa shape index (κ2) is 5.48. The molecule has 1 unspecified atom stereocenters. The van der Waals surface area contributed by atoms with Crippen LogP contribution in [-0.2, 0) is 7.05 Å². The molecule has 1 aliphatic rings. The third-order valence-corrected chi connectivity index (χ3v) is 6.76. The molecule has 2 heterocycles. The van der Waals surface area contributed by atoms with Crippen LogP contribution in [0.1, 0.15) is 16.1 Å². The largest absolute Gasteiger partial charge is 0.269 e. The summed E-state index contributed by atoms with van der Waals surface area (Å²) in [6, 6.07) is 13.4. The average Bonchev–Trinajstić information content (AvgIpc) is 2.97. The van der Waals surface area contributed by atoms with Gasteiger partial charge in [-0.2, -0.15) is 4.57 Å². The van der Waals surface area contributed by atoms with E-state index in [-0.39, 0.29) is 0 Å². The number of rotatable bonds is 1. The maximum atomic E-state index is 2.34. The Labute approximate surface area is 145 Å². The van der Waals surface area contributed by atoms with Gasteiger partial charge in [-0.3, -0.25) is 4.90 Å². The van der Waals surface area contributed by atoms with Crippen molar-refractivity contribution in [1.82, 2.24) is 0 Å². The molecule has 0 saturated heterocycles. The molecule has 3 aromatic rings. The average molecular weight is 341 g/mol. The molecule has 1 N–H and O–H groups in total. The van der Waals surface area contributed by atoms with Crippen molar-refractivity contribution in [3.05, 3.63) is 57.6 Å². The molecule has 0 saturated carbocycles. The lowest BCUT2D eigenvalue weighted by Gasteiger charge is -2.05. The Morgan fingerprint density at radius 1 is 1.04 bits per heavy atom. The molecule has 1 atom stereocenters. The molecule has 0 amide bonds. The topological polar surface area (TPSA) is 8.32 Å². The zero-order chi connectivity index (χ0) is 16.1. The second-order valence-electron chi connectivity index (χ2n) is 6.21. The fraction of sp³-hybridized carbons (Fsp3) is 0.211. The Morgan fingerprint density at radius 3 is 2.61 bits per heavy atom. The van der Waals surface area contributed by atoms with E-state index in [0.717, 1.165) is 0 Å². The highest BCUT2D eigenvalue weighted by molar-refractivity contribution is 8.03. The third-order valence-electron chi connectivity index (χ3n) is 4.41. The summed E-state index contributed by atoms with van der Waals surface area (Å²) in [6.45, 7) is 4.31. The number of benzene rings is 2. The van der Waals surface area contributed by atoms with Crippen molar-refractivity contribution in [2.75, 3.05) is 7.05 Å². The van der Waals surface area contributed by atoms with Gasteiger partial charge in [0.15, 0.2) is 10.7 Å². The van der Waals surface area contributed by atoms with Gasteiger partial charge in [-0.15, -0.1) is 0 Å². The van der Waals surface area contributed by atoms with E-state index in [2.05, 4.69) is 75.0 Å². The first-order valence-electron chi connectivity index (χ1n) is 7.76. The van der Waals surface area contributed by atoms with Crippen molar-refractivity contribution in [3.8, 4) is 0 Å². The van der Waals surface area contributed by atoms with Crippen LogP contribution in [0.4, 0.5) is 5.69 Å². The van der Waals surface area contributed by atoms with Gasteiger partial charge in [0, 0.05) is 12.1 Å². The van der Waals surface area contributed by atoms with Crippen molar-refractivity contribution >= 4 is 45.1 Å². The zero-order valence-electron chi connectivity index (χ0n) is 13.8. The molecule has 0 radical (unpaired) electrons. The van der Waals surface area contributed by atoms with E-state index in [1.54, 1.807) is 0 Å². The maximum absolute atomic E-state index is 2.34. The highest BCUT2D eigenvalue weighted by Gasteiger charge is 2.29. The minimum absolute atomic E-state index is 1.30. The van der Waals surface area contributed by atoms with Crippen molar-refractivity contribution in [2.45, 2.75) is 18.7 Å². The molecule has 23 heavy (non-hydrogen) atoms. The number of nitrogens with one attached hydrogen (secondary N) is 1. The molecule has 2 aromatic carbocycles. The van der Waals surface area contributed by atoms with Crippen LogP contribution >= 0.6 is 23.1 Å². The van der Waals surface area contributed by atoms with Crippen LogP contribution in [0.2, 0.25) is 0 Å². The van der Waals surface area contributed by atoms with Crippen LogP contribution in [0.15, 0.2) is 46.3 Å². The Kier molecular flexibility index (Phi) is 3.56. The molecule has 0 aliphatic carbocycles. The lowest BCUT2D eigenvalue weighted by molar-refractivity contribution is -0.754. The van der Waals surface area contributed by atoms with Crippen molar-refractivity contribution in [3.63, 3.8) is 0 Å². The van der Waals surface area contributed by atoms with Gasteiger partial charge in [-0.05, 0) is 48.9 Å². The Balaban J connectivity index is 1.78. The smallest absolute Gasteiger partial charge is 0.265 e. The van der Waals surface area contributed by atoms with Gasteiger partial charge in [0.25, 0.3) is 5.01 Å². The minimum atomic E-state index is 1.30. The number of aromatic nitrogens is 1. The van der Waals surface area contributed by atoms with Gasteiger partial charge in [0.2, 0.25) is 5.52 Å². The first kappa shape index (κ1) is 14.9. The van der Waals surface area contributed by atoms with Crippen molar-refractivity contribution in [2.24, 2.45) is 7.05 Å². The zero-order valence-corrected chi connectivity index (χ0v) is 15.4. The van der Waals surface area contributed by atoms with Crippen LogP contribution in [0.5, 0.6) is 0 Å². The highest BCUT2D eigenvalue weighted by Crippen LogP contribution is 2.37. The number of nitrogens with zero attached hydrogens (tertiary/aromatic N) is 1. The lowest BCUT2D eigenvalue weighted by atomic mass is 10.2. The van der Waals surface area contributed by atoms with Crippen molar-refractivity contribution in [1.29, 1.82) is 0 Å². The summed E-state index contributed by atoms with van der Waals surface area (Å²) in [5.41, 5.74) is 5.33. The monoisotopic (exact) mass is 340 g/mol. The summed E-state index contributed by atoms with van der Waals surface area (Å²) in [7, 11) is 4.39. The number of quaternary nitrogens is 1. The number of aryl methyl sites for hydroxylation is 3. The van der Waals surface area contributed by atoms with Crippen molar-refractivity contribution < 1.29 is 9.47 Å². The molecule has 0 fully saturated rings. The van der Waals surface area contributed by atoms with Crippen LogP contribution in [0.3, 0.4) is 0 Å². The molecule has 1 aromatic heterocycles. The van der Waals surface area contributed by atoms with E-state index < -0.39 is 0 Å². The van der Waals surface area contributed by atoms with Gasteiger partial charge < -0.3 is 0 Å². The molecule has 0 spiro atoms. The highest BCUT2D eigenvalue weighted by atomic mass is 32.2. The van der Waals surface area contributed by atoms with E-state index in [1.165, 1.54) is 46.9 Å². The fourth-order valence-corrected chi connectivity index (χ4v) is 5.52. The van der Waals surface area contributed by atoms with Gasteiger partial charge in [-0.1, -0.05) is 23.5 Å². The van der Waals surface area contributed by atoms with Gasteiger partial charge >= 0.3 is 0 Å². The summed E-state index contributed by atoms with van der Waals surface area (Å²) in [5.74, 6) is 0. The number of thiazole rings is 1. The molecule has 116 valence electrons. The standard InChI is InChI=1S/C19H19N2S2/c1-12-5-7-14-16(9-12)22-18(20(14)3)11-19-21(4)15-8-6-13(2)10-17(15)23-19/h5-11H,1-4H3/q+1/p+1. The van der Waals surface area contributed by atoms with E-state index in [9.17, 15) is 0 Å². The van der Waals surface area contributed by atoms with Crippen LogP contribution in [0, 0.1) is 13.8 Å². The van der Waals surface area contributed by atoms with Crippen LogP contribution in [-0.4, -0.2) is 7.05 Å². The summed E-state index contributed by atoms with van der Waals surface area (Å²) in [4.78, 5) is 2.77. The normalized spacial score (nSPS) is 18.8. The van der Waals surface area contributed by atoms with Crippen LogP contribution in [0.25, 0.3) is 16.3 Å². The quantitative estimate of drug-likeness (QED) is 0.666. The molecular weight excluding hydrogens is 320 g/mol. The van der Waals surface area contributed by atoms with Crippen LogP contribution < -0.4 is 9.47 Å². The lowest BCUT2D eigenvalue weighted by Crippen LogP contribution is -3.00. The predicted octanol–water partition coefficient (Wildman–Crippen LogP) is 3.59. The van der Waals surface area contributed by atoms with E-state index in [4.69, 9.17) is 0 Å². The summed E-state index contributed by atoms with van der Waals surface area (Å²) < 4.78 is 3.66. The fourth-order valence-electron chi connectivity index (χ4n) is 3.01. The Morgan fingerprint density at radius 2 is 1.78 bits per heavy atom. The third kappa shape index (κ3) is 2.51. The van der Waals surface area contributed by atoms with Gasteiger partial charge in [0.1, 0.15) is 11.7 Å². The first-order chi connectivity index (χ1) is 11.0. The molecule has 1 aliphatic heterocycles. The van der Waals surface area contributed by atoms with Gasteiger partial charge in [0.05, 0.1) is 18.0 Å². The SMILES string of the molecule is Cc1ccc2c(c1)S/C(=C\c1sc3cc(C)ccc3[n+]1C)[NH+]2C. The van der Waals surface area contributed by atoms with E-state index in [1.807, 2.05) is 23.1 Å². The van der Waals surface area contributed by atoms with Gasteiger partial charge in [-0.25, -0.2) is 0 Å². The number of hydrogen-bond acceptors (Lipinski definition) is 2.